The van der Waals surface area contributed by atoms with E-state index in [9.17, 15) is 0 Å². The molecule has 5 aliphatic rings. The first-order valence-corrected chi connectivity index (χ1v) is 13.8. The van der Waals surface area contributed by atoms with Gasteiger partial charge in [0.25, 0.3) is 0 Å². The zero-order valence-corrected chi connectivity index (χ0v) is 20.8. The molecule has 2 aromatic rings. The van der Waals surface area contributed by atoms with E-state index in [-0.39, 0.29) is 16.6 Å². The number of fused-ring (bicyclic) bond motifs is 2. The van der Waals surface area contributed by atoms with E-state index >= 15 is 0 Å². The molecule has 34 heavy (non-hydrogen) atoms. The van der Waals surface area contributed by atoms with Crippen molar-refractivity contribution in [2.75, 3.05) is 6.61 Å². The standard InChI is InChI=1S/C32H38O2/c1-3-18-33-27-11-10-25-20-26-14-15-30(2)28(24-9-8-22-6-4-5-7-23(22)19-24)12-13-29(30)32(26)17-16-31(25,21-27)34-32/h4-9,14,19-20,27-29H,3,10-13,15-18,21H2,1-2H3/t27?,28-,29-,30-,31-,32?/m1/s1. The van der Waals surface area contributed by atoms with Crippen LogP contribution in [0.3, 0.4) is 0 Å². The van der Waals surface area contributed by atoms with Gasteiger partial charge in [-0.1, -0.05) is 68.5 Å². The van der Waals surface area contributed by atoms with Gasteiger partial charge >= 0.3 is 0 Å². The summed E-state index contributed by atoms with van der Waals surface area (Å²) >= 11 is 0. The van der Waals surface area contributed by atoms with Crippen molar-refractivity contribution in [1.29, 1.82) is 0 Å². The van der Waals surface area contributed by atoms with E-state index in [1.165, 1.54) is 54.0 Å². The molecule has 3 fully saturated rings. The Hall–Kier alpha value is -1.90. The maximum atomic E-state index is 7.41. The fourth-order valence-corrected chi connectivity index (χ4v) is 8.76. The van der Waals surface area contributed by atoms with Crippen molar-refractivity contribution in [2.24, 2.45) is 11.3 Å². The largest absolute Gasteiger partial charge is 0.378 e. The molecule has 2 heterocycles. The summed E-state index contributed by atoms with van der Waals surface area (Å²) in [6, 6.07) is 16.0. The van der Waals surface area contributed by atoms with Crippen LogP contribution >= 0.6 is 0 Å². The van der Waals surface area contributed by atoms with Crippen molar-refractivity contribution in [1.82, 2.24) is 0 Å². The van der Waals surface area contributed by atoms with Gasteiger partial charge in [-0.3, -0.25) is 0 Å². The van der Waals surface area contributed by atoms with Gasteiger partial charge in [0.15, 0.2) is 0 Å². The molecule has 0 amide bonds. The highest BCUT2D eigenvalue weighted by atomic mass is 16.5. The number of benzene rings is 2. The van der Waals surface area contributed by atoms with E-state index in [1.807, 2.05) is 0 Å². The molecule has 7 rings (SSSR count). The molecule has 0 radical (unpaired) electrons. The molecule has 2 spiro atoms. The number of hydrogen-bond donors (Lipinski definition) is 0. The fraction of sp³-hybridized carbons (Fsp3) is 0.562. The summed E-state index contributed by atoms with van der Waals surface area (Å²) in [4.78, 5) is 0. The first-order valence-electron chi connectivity index (χ1n) is 13.8. The van der Waals surface area contributed by atoms with Crippen LogP contribution in [0.5, 0.6) is 0 Å². The monoisotopic (exact) mass is 454 g/mol. The smallest absolute Gasteiger partial charge is 0.0974 e. The van der Waals surface area contributed by atoms with Gasteiger partial charge in [0.1, 0.15) is 0 Å². The van der Waals surface area contributed by atoms with Crippen molar-refractivity contribution in [3.05, 3.63) is 71.3 Å². The van der Waals surface area contributed by atoms with E-state index < -0.39 is 0 Å². The van der Waals surface area contributed by atoms with Crippen LogP contribution in [0, 0.1) is 11.3 Å². The Bertz CT molecular complexity index is 1190. The maximum absolute atomic E-state index is 7.41. The molecule has 178 valence electrons. The Morgan fingerprint density at radius 3 is 2.79 bits per heavy atom. The Morgan fingerprint density at radius 2 is 1.91 bits per heavy atom. The molecule has 2 unspecified atom stereocenters. The average Bonchev–Trinajstić information content (AvgIpc) is 3.37. The molecule has 6 atom stereocenters. The van der Waals surface area contributed by atoms with E-state index in [0.29, 0.717) is 17.9 Å². The lowest BCUT2D eigenvalue weighted by Gasteiger charge is -2.54. The second-order valence-corrected chi connectivity index (χ2v) is 12.0. The lowest BCUT2D eigenvalue weighted by molar-refractivity contribution is -0.149. The SMILES string of the molecule is CCCOC1CCC2=CC3=CC[C@]4(C)[C@@H](c5ccc6ccccc6c5)CC[C@H]4C34CC[C@]2(C1)O4. The van der Waals surface area contributed by atoms with Crippen molar-refractivity contribution in [3.8, 4) is 0 Å². The normalized spacial score (nSPS) is 40.4. The van der Waals surface area contributed by atoms with Crippen molar-refractivity contribution < 1.29 is 9.47 Å². The van der Waals surface area contributed by atoms with Gasteiger partial charge < -0.3 is 9.47 Å². The van der Waals surface area contributed by atoms with Crippen LogP contribution in [0.4, 0.5) is 0 Å². The Labute approximate surface area is 204 Å². The van der Waals surface area contributed by atoms with Gasteiger partial charge in [-0.05, 0) is 96.1 Å². The molecule has 2 aliphatic heterocycles. The third kappa shape index (κ3) is 2.88. The highest BCUT2D eigenvalue weighted by molar-refractivity contribution is 5.83. The zero-order valence-electron chi connectivity index (χ0n) is 20.8. The predicted molar refractivity (Wildman–Crippen MR) is 138 cm³/mol. The summed E-state index contributed by atoms with van der Waals surface area (Å²) in [6.45, 7) is 5.67. The molecule has 3 aliphatic carbocycles. The van der Waals surface area contributed by atoms with Gasteiger partial charge in [-0.25, -0.2) is 0 Å². The minimum Gasteiger partial charge on any atom is -0.378 e. The van der Waals surface area contributed by atoms with Gasteiger partial charge in [-0.2, -0.15) is 0 Å². The second-order valence-electron chi connectivity index (χ2n) is 12.0. The number of allylic oxidation sites excluding steroid dienone is 1. The molecule has 2 heteroatoms. The molecular weight excluding hydrogens is 416 g/mol. The topological polar surface area (TPSA) is 18.5 Å². The second kappa shape index (κ2) is 7.55. The van der Waals surface area contributed by atoms with Crippen LogP contribution in [-0.2, 0) is 9.47 Å². The first-order chi connectivity index (χ1) is 16.6. The van der Waals surface area contributed by atoms with E-state index in [1.54, 1.807) is 5.57 Å². The predicted octanol–water partition coefficient (Wildman–Crippen LogP) is 7.88. The van der Waals surface area contributed by atoms with Crippen LogP contribution in [0.1, 0.15) is 83.1 Å². The van der Waals surface area contributed by atoms with Gasteiger partial charge in [0.2, 0.25) is 0 Å². The highest BCUT2D eigenvalue weighted by Gasteiger charge is 2.66. The van der Waals surface area contributed by atoms with E-state index in [4.69, 9.17) is 9.47 Å². The van der Waals surface area contributed by atoms with Crippen LogP contribution in [0.25, 0.3) is 10.8 Å². The van der Waals surface area contributed by atoms with Crippen LogP contribution in [0.15, 0.2) is 65.8 Å². The quantitative estimate of drug-likeness (QED) is 0.468. The third-order valence-corrected chi connectivity index (χ3v) is 10.4. The van der Waals surface area contributed by atoms with Gasteiger partial charge in [-0.15, -0.1) is 0 Å². The van der Waals surface area contributed by atoms with Crippen molar-refractivity contribution >= 4 is 10.8 Å². The fourth-order valence-electron chi connectivity index (χ4n) is 8.76. The van der Waals surface area contributed by atoms with Gasteiger partial charge in [0, 0.05) is 13.0 Å². The van der Waals surface area contributed by atoms with Crippen molar-refractivity contribution in [2.45, 2.75) is 94.9 Å². The molecule has 2 bridgehead atoms. The highest BCUT2D eigenvalue weighted by Crippen LogP contribution is 2.69. The van der Waals surface area contributed by atoms with E-state index in [2.05, 4.69) is 68.5 Å². The van der Waals surface area contributed by atoms with Crippen molar-refractivity contribution in [3.63, 3.8) is 0 Å². The van der Waals surface area contributed by atoms with Gasteiger partial charge in [0.05, 0.1) is 17.3 Å². The lowest BCUT2D eigenvalue weighted by Crippen LogP contribution is -2.54. The van der Waals surface area contributed by atoms with Crippen LogP contribution < -0.4 is 0 Å². The molecule has 1 saturated heterocycles. The average molecular weight is 455 g/mol. The summed E-state index contributed by atoms with van der Waals surface area (Å²) in [5.74, 6) is 1.21. The first kappa shape index (κ1) is 21.4. The minimum atomic E-state index is -0.0747. The molecule has 2 saturated carbocycles. The minimum absolute atomic E-state index is 0.0622. The Kier molecular flexibility index (Phi) is 4.75. The molecule has 0 aromatic heterocycles. The Morgan fingerprint density at radius 1 is 1.03 bits per heavy atom. The van der Waals surface area contributed by atoms with E-state index in [0.717, 1.165) is 32.3 Å². The number of hydrogen-bond acceptors (Lipinski definition) is 2. The summed E-state index contributed by atoms with van der Waals surface area (Å²) in [5, 5.41) is 2.72. The Balaban J connectivity index is 1.24. The molecule has 2 aromatic carbocycles. The number of ether oxygens (including phenoxy) is 2. The summed E-state index contributed by atoms with van der Waals surface area (Å²) in [7, 11) is 0. The molecular formula is C32H38O2. The summed E-state index contributed by atoms with van der Waals surface area (Å²) in [6.07, 6.45) is 16.1. The third-order valence-electron chi connectivity index (χ3n) is 10.4. The lowest BCUT2D eigenvalue weighted by atomic mass is 9.58. The summed E-state index contributed by atoms with van der Waals surface area (Å²) in [5.41, 5.74) is 4.74. The van der Waals surface area contributed by atoms with Crippen LogP contribution in [-0.4, -0.2) is 23.9 Å². The molecule has 2 nitrogen and oxygen atoms in total. The number of rotatable bonds is 4. The van der Waals surface area contributed by atoms with Crippen LogP contribution in [0.2, 0.25) is 0 Å². The molecule has 0 N–H and O–H groups in total. The summed E-state index contributed by atoms with van der Waals surface area (Å²) < 4.78 is 13.7. The zero-order chi connectivity index (χ0) is 23.0. The maximum Gasteiger partial charge on any atom is 0.0974 e.